The lowest BCUT2D eigenvalue weighted by atomic mass is 9.97. The molecule has 3 rings (SSSR count). The van der Waals surface area contributed by atoms with Crippen molar-refractivity contribution >= 4 is 17.5 Å². The van der Waals surface area contributed by atoms with E-state index >= 15 is 0 Å². The second kappa shape index (κ2) is 8.25. The Hall–Kier alpha value is -2.82. The molecule has 1 aliphatic heterocycles. The van der Waals surface area contributed by atoms with Crippen LogP contribution in [0.5, 0.6) is 0 Å². The Morgan fingerprint density at radius 1 is 1.11 bits per heavy atom. The van der Waals surface area contributed by atoms with E-state index < -0.39 is 0 Å². The highest BCUT2D eigenvalue weighted by atomic mass is 16.2. The molecular formula is C22H27N3O2. The van der Waals surface area contributed by atoms with Gasteiger partial charge in [-0.1, -0.05) is 29.3 Å². The number of piperidine rings is 1. The van der Waals surface area contributed by atoms with E-state index in [1.807, 2.05) is 50.2 Å². The van der Waals surface area contributed by atoms with Crippen molar-refractivity contribution in [1.82, 2.24) is 5.32 Å². The van der Waals surface area contributed by atoms with E-state index in [9.17, 15) is 9.59 Å². The maximum atomic E-state index is 12.4. The van der Waals surface area contributed by atoms with Gasteiger partial charge in [0, 0.05) is 30.9 Å². The lowest BCUT2D eigenvalue weighted by Gasteiger charge is -2.33. The van der Waals surface area contributed by atoms with Crippen LogP contribution in [-0.4, -0.2) is 24.9 Å². The van der Waals surface area contributed by atoms with Gasteiger partial charge in [0.2, 0.25) is 5.91 Å². The molecule has 1 aliphatic rings. The van der Waals surface area contributed by atoms with Gasteiger partial charge in [-0.25, -0.2) is 0 Å². The lowest BCUT2D eigenvalue weighted by Crippen LogP contribution is -2.41. The fourth-order valence-electron chi connectivity index (χ4n) is 3.66. The van der Waals surface area contributed by atoms with Crippen LogP contribution >= 0.6 is 0 Å². The molecule has 27 heavy (non-hydrogen) atoms. The summed E-state index contributed by atoms with van der Waals surface area (Å²) in [5.41, 5.74) is 10.4. The summed E-state index contributed by atoms with van der Waals surface area (Å²) in [6.45, 7) is 6.08. The molecule has 0 bridgehead atoms. The van der Waals surface area contributed by atoms with E-state index in [0.29, 0.717) is 18.7 Å². The fourth-order valence-corrected chi connectivity index (χ4v) is 3.66. The number of hydrogen-bond acceptors (Lipinski definition) is 3. The summed E-state index contributed by atoms with van der Waals surface area (Å²) >= 11 is 0. The maximum Gasteiger partial charge on any atom is 0.251 e. The van der Waals surface area contributed by atoms with Crippen LogP contribution in [0.4, 0.5) is 5.69 Å². The molecule has 1 fully saturated rings. The quantitative estimate of drug-likeness (QED) is 0.855. The van der Waals surface area contributed by atoms with Crippen molar-refractivity contribution in [2.24, 2.45) is 11.7 Å². The largest absolute Gasteiger partial charge is 0.371 e. The number of rotatable bonds is 5. The number of aryl methyl sites for hydroxylation is 2. The summed E-state index contributed by atoms with van der Waals surface area (Å²) in [4.78, 5) is 26.0. The third kappa shape index (κ3) is 4.88. The van der Waals surface area contributed by atoms with Gasteiger partial charge in [0.15, 0.2) is 0 Å². The molecule has 0 saturated carbocycles. The minimum absolute atomic E-state index is 0.0637. The molecule has 2 aromatic carbocycles. The van der Waals surface area contributed by atoms with Gasteiger partial charge in [0.05, 0.1) is 5.92 Å². The number of nitrogens with zero attached hydrogens (tertiary/aromatic N) is 1. The van der Waals surface area contributed by atoms with E-state index in [1.54, 1.807) is 0 Å². The van der Waals surface area contributed by atoms with E-state index in [-0.39, 0.29) is 17.7 Å². The summed E-state index contributed by atoms with van der Waals surface area (Å²) in [7, 11) is 0. The van der Waals surface area contributed by atoms with Gasteiger partial charge in [0.1, 0.15) is 0 Å². The van der Waals surface area contributed by atoms with Gasteiger partial charge >= 0.3 is 0 Å². The number of nitrogens with one attached hydrogen (secondary N) is 1. The van der Waals surface area contributed by atoms with Crippen LogP contribution < -0.4 is 16.0 Å². The van der Waals surface area contributed by atoms with Crippen LogP contribution in [0.15, 0.2) is 42.5 Å². The van der Waals surface area contributed by atoms with Crippen LogP contribution in [0.25, 0.3) is 0 Å². The summed E-state index contributed by atoms with van der Waals surface area (Å²) < 4.78 is 0. The van der Waals surface area contributed by atoms with Gasteiger partial charge < -0.3 is 16.0 Å². The highest BCUT2D eigenvalue weighted by Crippen LogP contribution is 2.23. The molecular weight excluding hydrogens is 338 g/mol. The molecule has 0 spiro atoms. The third-order valence-corrected chi connectivity index (χ3v) is 5.06. The van der Waals surface area contributed by atoms with Gasteiger partial charge in [-0.2, -0.15) is 0 Å². The van der Waals surface area contributed by atoms with E-state index in [4.69, 9.17) is 5.73 Å². The van der Waals surface area contributed by atoms with Crippen LogP contribution in [0, 0.1) is 19.8 Å². The molecule has 5 nitrogen and oxygen atoms in total. The Morgan fingerprint density at radius 2 is 1.78 bits per heavy atom. The number of benzene rings is 2. The van der Waals surface area contributed by atoms with Crippen molar-refractivity contribution < 1.29 is 9.59 Å². The Kier molecular flexibility index (Phi) is 5.79. The Bertz CT molecular complexity index is 810. The minimum Gasteiger partial charge on any atom is -0.371 e. The molecule has 142 valence electrons. The molecule has 0 aromatic heterocycles. The van der Waals surface area contributed by atoms with E-state index in [1.165, 1.54) is 0 Å². The van der Waals surface area contributed by atoms with Crippen LogP contribution in [0.2, 0.25) is 0 Å². The lowest BCUT2D eigenvalue weighted by molar-refractivity contribution is -0.122. The first-order valence-corrected chi connectivity index (χ1v) is 9.42. The zero-order chi connectivity index (χ0) is 19.4. The monoisotopic (exact) mass is 365 g/mol. The van der Waals surface area contributed by atoms with Crippen LogP contribution in [-0.2, 0) is 11.3 Å². The number of hydrogen-bond donors (Lipinski definition) is 2. The van der Waals surface area contributed by atoms with E-state index in [2.05, 4.69) is 16.3 Å². The number of carbonyl (C=O) groups is 2. The predicted octanol–water partition coefficient (Wildman–Crippen LogP) is 2.94. The average molecular weight is 365 g/mol. The normalized spacial score (nSPS) is 16.8. The molecule has 1 saturated heterocycles. The average Bonchev–Trinajstić information content (AvgIpc) is 2.66. The van der Waals surface area contributed by atoms with Gasteiger partial charge in [-0.05, 0) is 56.5 Å². The third-order valence-electron chi connectivity index (χ3n) is 5.06. The van der Waals surface area contributed by atoms with Gasteiger partial charge in [-0.3, -0.25) is 9.59 Å². The molecule has 2 amide bonds. The first kappa shape index (κ1) is 19.0. The Labute approximate surface area is 160 Å². The standard InChI is InChI=1S/C22H27N3O2/c1-15-10-16(2)12-19(11-15)22(27)24-13-17-5-7-20(8-6-17)25-9-3-4-18(14-25)21(23)26/h5-8,10-12,18H,3-4,9,13-14H2,1-2H3,(H2,23,26)(H,24,27)/t18-/m0/s1. The highest BCUT2D eigenvalue weighted by Gasteiger charge is 2.24. The highest BCUT2D eigenvalue weighted by molar-refractivity contribution is 5.94. The molecule has 5 heteroatoms. The molecule has 1 heterocycles. The first-order chi connectivity index (χ1) is 12.9. The van der Waals surface area contributed by atoms with Gasteiger partial charge in [-0.15, -0.1) is 0 Å². The zero-order valence-corrected chi connectivity index (χ0v) is 16.0. The SMILES string of the molecule is Cc1cc(C)cc(C(=O)NCc2ccc(N3CCC[C@H](C(N)=O)C3)cc2)c1. The summed E-state index contributed by atoms with van der Waals surface area (Å²) in [6.07, 6.45) is 1.84. The van der Waals surface area contributed by atoms with Crippen molar-refractivity contribution in [2.45, 2.75) is 33.2 Å². The molecule has 0 aliphatic carbocycles. The fraction of sp³-hybridized carbons (Fsp3) is 0.364. The van der Waals surface area contributed by atoms with Gasteiger partial charge in [0.25, 0.3) is 5.91 Å². The molecule has 0 radical (unpaired) electrons. The van der Waals surface area contributed by atoms with Crippen molar-refractivity contribution in [3.8, 4) is 0 Å². The molecule has 1 atom stereocenters. The number of amides is 2. The minimum atomic E-state index is -0.217. The van der Waals surface area contributed by atoms with Crippen LogP contribution in [0.1, 0.15) is 39.9 Å². The van der Waals surface area contributed by atoms with Crippen molar-refractivity contribution in [3.63, 3.8) is 0 Å². The maximum absolute atomic E-state index is 12.4. The second-order valence-corrected chi connectivity index (χ2v) is 7.41. The number of anilines is 1. The molecule has 2 aromatic rings. The predicted molar refractivity (Wildman–Crippen MR) is 108 cm³/mol. The van der Waals surface area contributed by atoms with Crippen molar-refractivity contribution in [3.05, 3.63) is 64.7 Å². The zero-order valence-electron chi connectivity index (χ0n) is 16.0. The summed E-state index contributed by atoms with van der Waals surface area (Å²) in [5, 5.41) is 2.98. The Morgan fingerprint density at radius 3 is 2.41 bits per heavy atom. The van der Waals surface area contributed by atoms with Crippen LogP contribution in [0.3, 0.4) is 0 Å². The van der Waals surface area contributed by atoms with Crippen molar-refractivity contribution in [1.29, 1.82) is 0 Å². The van der Waals surface area contributed by atoms with E-state index in [0.717, 1.165) is 41.8 Å². The topological polar surface area (TPSA) is 75.4 Å². The summed E-state index contributed by atoms with van der Waals surface area (Å²) in [5.74, 6) is -0.355. The second-order valence-electron chi connectivity index (χ2n) is 7.41. The molecule has 0 unspecified atom stereocenters. The Balaban J connectivity index is 1.59. The number of nitrogens with two attached hydrogens (primary N) is 1. The number of carbonyl (C=O) groups excluding carboxylic acids is 2. The molecule has 3 N–H and O–H groups in total. The summed E-state index contributed by atoms with van der Waals surface area (Å²) in [6, 6.07) is 14.0. The van der Waals surface area contributed by atoms with Crippen molar-refractivity contribution in [2.75, 3.05) is 18.0 Å². The smallest absolute Gasteiger partial charge is 0.251 e. The number of primary amides is 1. The first-order valence-electron chi connectivity index (χ1n) is 9.42.